The fourth-order valence-electron chi connectivity index (χ4n) is 3.57. The van der Waals surface area contributed by atoms with Crippen LogP contribution < -0.4 is 10.1 Å². The topological polar surface area (TPSA) is 64.4 Å². The van der Waals surface area contributed by atoms with Crippen molar-refractivity contribution in [3.05, 3.63) is 35.0 Å². The molecule has 2 aromatic rings. The van der Waals surface area contributed by atoms with E-state index in [4.69, 9.17) is 9.26 Å². The molecule has 140 valence electrons. The molecule has 0 saturated carbocycles. The van der Waals surface area contributed by atoms with Crippen molar-refractivity contribution >= 4 is 5.91 Å². The lowest BCUT2D eigenvalue weighted by Gasteiger charge is -2.17. The van der Waals surface area contributed by atoms with Crippen LogP contribution in [0.2, 0.25) is 0 Å². The Bertz CT molecular complexity index is 767. The maximum atomic E-state index is 12.6. The summed E-state index contributed by atoms with van der Waals surface area (Å²) in [6.07, 6.45) is 6.26. The van der Waals surface area contributed by atoms with E-state index in [9.17, 15) is 4.79 Å². The van der Waals surface area contributed by atoms with Crippen molar-refractivity contribution < 1.29 is 14.1 Å². The van der Waals surface area contributed by atoms with Crippen LogP contribution in [0.25, 0.3) is 11.3 Å². The normalized spacial score (nSPS) is 13.7. The number of aromatic nitrogens is 1. The fraction of sp³-hybridized carbons (Fsp3) is 0.524. The number of hydrogen-bond acceptors (Lipinski definition) is 4. The molecule has 1 amide bonds. The third-order valence-electron chi connectivity index (χ3n) is 5.30. The molecule has 1 aliphatic carbocycles. The molecule has 1 aromatic carbocycles. The van der Waals surface area contributed by atoms with E-state index in [-0.39, 0.29) is 5.91 Å². The molecule has 1 N–H and O–H groups in total. The number of carbonyl (C=O) groups excluding carboxylic acids is 1. The SMILES string of the molecule is CCCCC(CC)CNC(=O)c1noc2c1CCc1ccc(OC)cc1-2. The van der Waals surface area contributed by atoms with Gasteiger partial charge in [0.15, 0.2) is 11.5 Å². The van der Waals surface area contributed by atoms with Crippen LogP contribution in [0.3, 0.4) is 0 Å². The number of methoxy groups -OCH3 is 1. The lowest BCUT2D eigenvalue weighted by Crippen LogP contribution is -2.30. The van der Waals surface area contributed by atoms with E-state index in [2.05, 4.69) is 30.4 Å². The lowest BCUT2D eigenvalue weighted by molar-refractivity contribution is 0.0936. The van der Waals surface area contributed by atoms with Gasteiger partial charge in [0.1, 0.15) is 5.75 Å². The van der Waals surface area contributed by atoms with Gasteiger partial charge in [0.2, 0.25) is 0 Å². The number of benzene rings is 1. The van der Waals surface area contributed by atoms with Crippen molar-refractivity contribution in [2.75, 3.05) is 13.7 Å². The maximum absolute atomic E-state index is 12.6. The maximum Gasteiger partial charge on any atom is 0.273 e. The summed E-state index contributed by atoms with van der Waals surface area (Å²) >= 11 is 0. The van der Waals surface area contributed by atoms with E-state index < -0.39 is 0 Å². The van der Waals surface area contributed by atoms with E-state index >= 15 is 0 Å². The van der Waals surface area contributed by atoms with Crippen molar-refractivity contribution in [1.82, 2.24) is 10.5 Å². The van der Waals surface area contributed by atoms with Gasteiger partial charge in [0.05, 0.1) is 7.11 Å². The third kappa shape index (κ3) is 3.76. The predicted molar refractivity (Wildman–Crippen MR) is 102 cm³/mol. The number of ether oxygens (including phenoxy) is 1. The first-order chi connectivity index (χ1) is 12.7. The van der Waals surface area contributed by atoms with Crippen molar-refractivity contribution in [3.8, 4) is 17.1 Å². The molecule has 0 saturated heterocycles. The van der Waals surface area contributed by atoms with Crippen molar-refractivity contribution in [2.45, 2.75) is 52.4 Å². The average molecular weight is 356 g/mol. The van der Waals surface area contributed by atoms with Gasteiger partial charge < -0.3 is 14.6 Å². The summed E-state index contributed by atoms with van der Waals surface area (Å²) in [5, 5.41) is 7.15. The van der Waals surface area contributed by atoms with Crippen molar-refractivity contribution in [1.29, 1.82) is 0 Å². The number of nitrogens with zero attached hydrogens (tertiary/aromatic N) is 1. The molecule has 5 nitrogen and oxygen atoms in total. The number of aryl methyl sites for hydroxylation is 1. The van der Waals surface area contributed by atoms with Crippen LogP contribution >= 0.6 is 0 Å². The Morgan fingerprint density at radius 2 is 2.19 bits per heavy atom. The van der Waals surface area contributed by atoms with Crippen molar-refractivity contribution in [2.24, 2.45) is 5.92 Å². The molecule has 1 unspecified atom stereocenters. The van der Waals surface area contributed by atoms with E-state index in [1.807, 2.05) is 12.1 Å². The van der Waals surface area contributed by atoms with E-state index in [1.54, 1.807) is 7.11 Å². The van der Waals surface area contributed by atoms with Gasteiger partial charge in [-0.2, -0.15) is 0 Å². The van der Waals surface area contributed by atoms with Gasteiger partial charge in [-0.15, -0.1) is 0 Å². The second kappa shape index (κ2) is 8.39. The molecular formula is C21H28N2O3. The largest absolute Gasteiger partial charge is 0.497 e. The second-order valence-corrected chi connectivity index (χ2v) is 6.99. The van der Waals surface area contributed by atoms with Crippen LogP contribution in [0.1, 0.15) is 61.1 Å². The first-order valence-corrected chi connectivity index (χ1v) is 9.61. The van der Waals surface area contributed by atoms with E-state index in [0.717, 1.165) is 42.6 Å². The zero-order valence-corrected chi connectivity index (χ0v) is 15.9. The summed E-state index contributed by atoms with van der Waals surface area (Å²) in [4.78, 5) is 12.6. The molecular weight excluding hydrogens is 328 g/mol. The van der Waals surface area contributed by atoms with Gasteiger partial charge in [-0.3, -0.25) is 4.79 Å². The molecule has 5 heteroatoms. The number of unbranched alkanes of at least 4 members (excludes halogenated alkanes) is 1. The Hall–Kier alpha value is -2.30. The van der Waals surface area contributed by atoms with Crippen molar-refractivity contribution in [3.63, 3.8) is 0 Å². The molecule has 0 fully saturated rings. The quantitative estimate of drug-likeness (QED) is 0.761. The number of hydrogen-bond donors (Lipinski definition) is 1. The zero-order chi connectivity index (χ0) is 18.5. The Morgan fingerprint density at radius 1 is 1.35 bits per heavy atom. The highest BCUT2D eigenvalue weighted by atomic mass is 16.5. The molecule has 26 heavy (non-hydrogen) atoms. The van der Waals surface area contributed by atoms with Crippen LogP contribution in [0.5, 0.6) is 5.75 Å². The van der Waals surface area contributed by atoms with Crippen LogP contribution in [0.15, 0.2) is 22.7 Å². The lowest BCUT2D eigenvalue weighted by atomic mass is 9.89. The Morgan fingerprint density at radius 3 is 2.92 bits per heavy atom. The summed E-state index contributed by atoms with van der Waals surface area (Å²) in [6, 6.07) is 5.96. The van der Waals surface area contributed by atoms with Gasteiger partial charge in [-0.05, 0) is 42.9 Å². The Balaban J connectivity index is 1.75. The monoisotopic (exact) mass is 356 g/mol. The number of carbonyl (C=O) groups is 1. The van der Waals surface area contributed by atoms with Gasteiger partial charge in [-0.25, -0.2) is 0 Å². The predicted octanol–water partition coefficient (Wildman–Crippen LogP) is 4.40. The van der Waals surface area contributed by atoms with Gasteiger partial charge in [0, 0.05) is 17.7 Å². The summed E-state index contributed by atoms with van der Waals surface area (Å²) in [6.45, 7) is 5.07. The molecule has 3 rings (SSSR count). The van der Waals surface area contributed by atoms with Crippen LogP contribution in [-0.4, -0.2) is 24.7 Å². The smallest absolute Gasteiger partial charge is 0.273 e. The van der Waals surface area contributed by atoms with Crippen LogP contribution in [0.4, 0.5) is 0 Å². The highest BCUT2D eigenvalue weighted by Crippen LogP contribution is 2.37. The number of nitrogens with one attached hydrogen (secondary N) is 1. The molecule has 0 bridgehead atoms. The number of rotatable bonds is 8. The first kappa shape index (κ1) is 18.5. The molecule has 1 heterocycles. The third-order valence-corrected chi connectivity index (χ3v) is 5.30. The Labute approximate surface area is 155 Å². The molecule has 1 atom stereocenters. The number of fused-ring (bicyclic) bond motifs is 3. The fourth-order valence-corrected chi connectivity index (χ4v) is 3.57. The highest BCUT2D eigenvalue weighted by molar-refractivity contribution is 5.95. The minimum atomic E-state index is -0.128. The van der Waals surface area contributed by atoms with Gasteiger partial charge in [-0.1, -0.05) is 44.3 Å². The summed E-state index contributed by atoms with van der Waals surface area (Å²) < 4.78 is 10.9. The van der Waals surface area contributed by atoms with Gasteiger partial charge >= 0.3 is 0 Å². The van der Waals surface area contributed by atoms with Crippen LogP contribution in [-0.2, 0) is 12.8 Å². The molecule has 0 aliphatic heterocycles. The van der Waals surface area contributed by atoms with E-state index in [1.165, 1.54) is 18.4 Å². The van der Waals surface area contributed by atoms with E-state index in [0.29, 0.717) is 23.9 Å². The first-order valence-electron chi connectivity index (χ1n) is 9.61. The Kier molecular flexibility index (Phi) is 5.96. The summed E-state index contributed by atoms with van der Waals surface area (Å²) in [7, 11) is 1.65. The average Bonchev–Trinajstić information content (AvgIpc) is 3.12. The molecule has 1 aliphatic rings. The minimum absolute atomic E-state index is 0.128. The zero-order valence-electron chi connectivity index (χ0n) is 15.9. The highest BCUT2D eigenvalue weighted by Gasteiger charge is 2.28. The van der Waals surface area contributed by atoms with Crippen LogP contribution in [0, 0.1) is 5.92 Å². The summed E-state index contributed by atoms with van der Waals surface area (Å²) in [5.74, 6) is 1.87. The second-order valence-electron chi connectivity index (χ2n) is 6.99. The standard InChI is InChI=1S/C21H28N2O3/c1-4-6-7-14(5-2)13-22-21(24)19-17-11-9-15-8-10-16(25-3)12-18(15)20(17)26-23-19/h8,10,12,14H,4-7,9,11,13H2,1-3H3,(H,22,24). The number of amides is 1. The summed E-state index contributed by atoms with van der Waals surface area (Å²) in [5.41, 5.74) is 3.52. The van der Waals surface area contributed by atoms with Gasteiger partial charge in [0.25, 0.3) is 5.91 Å². The molecule has 1 aromatic heterocycles. The molecule has 0 radical (unpaired) electrons. The molecule has 0 spiro atoms. The minimum Gasteiger partial charge on any atom is -0.497 e.